The van der Waals surface area contributed by atoms with E-state index in [4.69, 9.17) is 0 Å². The monoisotopic (exact) mass is 367 g/mol. The van der Waals surface area contributed by atoms with Crippen LogP contribution in [0.25, 0.3) is 0 Å². The van der Waals surface area contributed by atoms with Gasteiger partial charge in [-0.25, -0.2) is 0 Å². The van der Waals surface area contributed by atoms with Crippen molar-refractivity contribution >= 4 is 53.9 Å². The van der Waals surface area contributed by atoms with Gasteiger partial charge in [0, 0.05) is 13.0 Å². The Hall–Kier alpha value is 0.670. The minimum absolute atomic E-state index is 0. The number of halogens is 2. The number of carbonyl (C=O) groups excluding carboxylic acids is 1. The molecule has 60 valence electrons. The molecule has 0 aliphatic carbocycles. The lowest BCUT2D eigenvalue weighted by Gasteiger charge is -2.05. The topological polar surface area (TPSA) is 20.3 Å². The SMILES string of the molecule is C=CN1CCCC1=O.I.I. The number of hydrogen-bond donors (Lipinski definition) is 0. The Kier molecular flexibility index (Phi) is 8.47. The van der Waals surface area contributed by atoms with Crippen LogP contribution >= 0.6 is 48.0 Å². The Balaban J connectivity index is 0. The zero-order valence-electron chi connectivity index (χ0n) is 5.58. The van der Waals surface area contributed by atoms with Crippen LogP contribution in [0.1, 0.15) is 12.8 Å². The van der Waals surface area contributed by atoms with E-state index in [2.05, 4.69) is 6.58 Å². The Morgan fingerprint density at radius 1 is 1.50 bits per heavy atom. The molecule has 2 nitrogen and oxygen atoms in total. The summed E-state index contributed by atoms with van der Waals surface area (Å²) in [6, 6.07) is 0. The van der Waals surface area contributed by atoms with Gasteiger partial charge in [0.25, 0.3) is 0 Å². The molecule has 0 aromatic heterocycles. The highest BCUT2D eigenvalue weighted by molar-refractivity contribution is 14.0. The number of nitrogens with zero attached hydrogens (tertiary/aromatic N) is 1. The van der Waals surface area contributed by atoms with E-state index in [9.17, 15) is 4.79 Å². The molecule has 0 N–H and O–H groups in total. The van der Waals surface area contributed by atoms with Gasteiger partial charge in [-0.3, -0.25) is 4.79 Å². The van der Waals surface area contributed by atoms with Crippen molar-refractivity contribution < 1.29 is 4.79 Å². The molecule has 0 radical (unpaired) electrons. The van der Waals surface area contributed by atoms with Crippen molar-refractivity contribution in [1.82, 2.24) is 4.90 Å². The molecule has 1 aliphatic heterocycles. The summed E-state index contributed by atoms with van der Waals surface area (Å²) in [6.07, 6.45) is 3.28. The third-order valence-corrected chi connectivity index (χ3v) is 1.33. The Morgan fingerprint density at radius 2 is 2.10 bits per heavy atom. The molecule has 1 aliphatic rings. The molecule has 1 rings (SSSR count). The number of rotatable bonds is 1. The number of hydrogen-bond acceptors (Lipinski definition) is 1. The van der Waals surface area contributed by atoms with Crippen LogP contribution in [0, 0.1) is 0 Å². The van der Waals surface area contributed by atoms with Gasteiger partial charge in [0.2, 0.25) is 5.91 Å². The second kappa shape index (κ2) is 6.38. The van der Waals surface area contributed by atoms with E-state index < -0.39 is 0 Å². The minimum atomic E-state index is 0. The van der Waals surface area contributed by atoms with E-state index in [1.54, 1.807) is 11.1 Å². The average molecular weight is 367 g/mol. The predicted molar refractivity (Wildman–Crippen MR) is 62.0 cm³/mol. The molecule has 0 saturated carbocycles. The molecule has 0 bridgehead atoms. The van der Waals surface area contributed by atoms with Gasteiger partial charge in [0.1, 0.15) is 0 Å². The fourth-order valence-electron chi connectivity index (χ4n) is 0.862. The van der Waals surface area contributed by atoms with Crippen molar-refractivity contribution in [3.63, 3.8) is 0 Å². The summed E-state index contributed by atoms with van der Waals surface area (Å²) in [7, 11) is 0. The van der Waals surface area contributed by atoms with Crippen LogP contribution in [0.15, 0.2) is 12.8 Å². The van der Waals surface area contributed by atoms with Gasteiger partial charge in [-0.1, -0.05) is 6.58 Å². The van der Waals surface area contributed by atoms with Crippen molar-refractivity contribution in [2.24, 2.45) is 0 Å². The second-order valence-electron chi connectivity index (χ2n) is 1.87. The predicted octanol–water partition coefficient (Wildman–Crippen LogP) is 1.99. The third kappa shape index (κ3) is 3.18. The fraction of sp³-hybridized carbons (Fsp3) is 0.500. The molecular formula is C6H11I2NO. The molecule has 0 aromatic carbocycles. The van der Waals surface area contributed by atoms with Crippen LogP contribution in [0.4, 0.5) is 0 Å². The first-order chi connectivity index (χ1) is 3.84. The molecule has 1 amide bonds. The van der Waals surface area contributed by atoms with Gasteiger partial charge >= 0.3 is 0 Å². The summed E-state index contributed by atoms with van der Waals surface area (Å²) in [4.78, 5) is 12.3. The highest BCUT2D eigenvalue weighted by atomic mass is 127. The van der Waals surface area contributed by atoms with Crippen LogP contribution in [0.3, 0.4) is 0 Å². The van der Waals surface area contributed by atoms with Crippen molar-refractivity contribution in [2.75, 3.05) is 6.54 Å². The van der Waals surface area contributed by atoms with E-state index >= 15 is 0 Å². The lowest BCUT2D eigenvalue weighted by atomic mass is 10.4. The Morgan fingerprint density at radius 3 is 2.30 bits per heavy atom. The maximum atomic E-state index is 10.7. The van der Waals surface area contributed by atoms with E-state index in [0.717, 1.165) is 13.0 Å². The second-order valence-corrected chi connectivity index (χ2v) is 1.87. The first-order valence-corrected chi connectivity index (χ1v) is 2.76. The van der Waals surface area contributed by atoms with E-state index in [-0.39, 0.29) is 53.9 Å². The number of carbonyl (C=O) groups is 1. The lowest BCUT2D eigenvalue weighted by Crippen LogP contribution is -2.16. The van der Waals surface area contributed by atoms with Gasteiger partial charge in [0.15, 0.2) is 0 Å². The summed E-state index contributed by atoms with van der Waals surface area (Å²) < 4.78 is 0. The van der Waals surface area contributed by atoms with E-state index in [0.29, 0.717) is 6.42 Å². The quantitative estimate of drug-likeness (QED) is 0.650. The van der Waals surface area contributed by atoms with Gasteiger partial charge in [-0.2, -0.15) is 0 Å². The van der Waals surface area contributed by atoms with Crippen LogP contribution in [0.2, 0.25) is 0 Å². The van der Waals surface area contributed by atoms with E-state index in [1.807, 2.05) is 0 Å². The van der Waals surface area contributed by atoms with Crippen molar-refractivity contribution in [2.45, 2.75) is 12.8 Å². The molecule has 0 atom stereocenters. The first-order valence-electron chi connectivity index (χ1n) is 2.76. The zero-order valence-corrected chi connectivity index (χ0v) is 10.2. The van der Waals surface area contributed by atoms with Gasteiger partial charge in [0.05, 0.1) is 0 Å². The molecule has 4 heteroatoms. The molecule has 1 heterocycles. The molecular weight excluding hydrogens is 356 g/mol. The minimum Gasteiger partial charge on any atom is -0.320 e. The number of likely N-dealkylation sites (tertiary alicyclic amines) is 1. The maximum Gasteiger partial charge on any atom is 0.226 e. The van der Waals surface area contributed by atoms with Crippen molar-refractivity contribution in [3.05, 3.63) is 12.8 Å². The summed E-state index contributed by atoms with van der Waals surface area (Å²) in [6.45, 7) is 4.36. The summed E-state index contributed by atoms with van der Waals surface area (Å²) in [5.41, 5.74) is 0. The standard InChI is InChI=1S/C6H9NO.2HI/c1-2-7-5-3-4-6(7)8;;/h2H,1,3-5H2;2*1H. The average Bonchev–Trinajstić information content (AvgIpc) is 2.14. The number of amides is 1. The Labute approximate surface area is 95.1 Å². The maximum absolute atomic E-state index is 10.7. The largest absolute Gasteiger partial charge is 0.320 e. The van der Waals surface area contributed by atoms with Gasteiger partial charge in [-0.05, 0) is 12.6 Å². The molecule has 1 fully saturated rings. The van der Waals surface area contributed by atoms with Crippen molar-refractivity contribution in [1.29, 1.82) is 0 Å². The molecule has 0 unspecified atom stereocenters. The highest BCUT2D eigenvalue weighted by Crippen LogP contribution is 2.08. The van der Waals surface area contributed by atoms with Crippen LogP contribution < -0.4 is 0 Å². The summed E-state index contributed by atoms with van der Waals surface area (Å²) >= 11 is 0. The highest BCUT2D eigenvalue weighted by Gasteiger charge is 2.15. The summed E-state index contributed by atoms with van der Waals surface area (Å²) in [5.74, 6) is 0.208. The van der Waals surface area contributed by atoms with Crippen LogP contribution in [0.5, 0.6) is 0 Å². The van der Waals surface area contributed by atoms with Crippen LogP contribution in [-0.2, 0) is 4.79 Å². The normalized spacial score (nSPS) is 15.6. The summed E-state index contributed by atoms with van der Waals surface area (Å²) in [5, 5.41) is 0. The third-order valence-electron chi connectivity index (χ3n) is 1.33. The Bertz CT molecular complexity index is 127. The molecule has 1 saturated heterocycles. The first kappa shape index (κ1) is 13.3. The fourth-order valence-corrected chi connectivity index (χ4v) is 0.862. The molecule has 0 aromatic rings. The van der Waals surface area contributed by atoms with Crippen molar-refractivity contribution in [3.8, 4) is 0 Å². The zero-order chi connectivity index (χ0) is 5.98. The molecule has 10 heavy (non-hydrogen) atoms. The smallest absolute Gasteiger partial charge is 0.226 e. The van der Waals surface area contributed by atoms with Gasteiger partial charge < -0.3 is 4.90 Å². The van der Waals surface area contributed by atoms with Crippen LogP contribution in [-0.4, -0.2) is 17.4 Å². The van der Waals surface area contributed by atoms with Gasteiger partial charge in [-0.15, -0.1) is 48.0 Å². The van der Waals surface area contributed by atoms with E-state index in [1.165, 1.54) is 0 Å². The molecule has 0 spiro atoms. The lowest BCUT2D eigenvalue weighted by molar-refractivity contribution is -0.125.